The van der Waals surface area contributed by atoms with Gasteiger partial charge in [-0.15, -0.1) is 0 Å². The number of hydrogen-bond acceptors (Lipinski definition) is 10. The van der Waals surface area contributed by atoms with E-state index in [4.69, 9.17) is 5.84 Å². The molecule has 2 aliphatic rings. The quantitative estimate of drug-likeness (QED) is 0.196. The minimum Gasteiger partial charge on any atom is -0.288 e. The summed E-state index contributed by atoms with van der Waals surface area (Å²) in [6.07, 6.45) is 0. The summed E-state index contributed by atoms with van der Waals surface area (Å²) in [5, 5.41) is 24.3. The molecule has 0 spiro atoms. The number of anilines is 2. The zero-order chi connectivity index (χ0) is 28.5. The van der Waals surface area contributed by atoms with Gasteiger partial charge in [0.05, 0.1) is 32.3 Å². The van der Waals surface area contributed by atoms with Crippen molar-refractivity contribution in [3.05, 3.63) is 138 Å². The van der Waals surface area contributed by atoms with Gasteiger partial charge in [-0.25, -0.2) is 5.84 Å². The molecular weight excluding hydrogens is 520 g/mol. The molecule has 4 aromatic rings. The van der Waals surface area contributed by atoms with E-state index in [0.717, 1.165) is 17.1 Å². The largest absolute Gasteiger partial charge is 0.288 e. The van der Waals surface area contributed by atoms with Gasteiger partial charge in [0, 0.05) is 34.4 Å². The van der Waals surface area contributed by atoms with Crippen LogP contribution < -0.4 is 10.9 Å². The molecule has 12 nitrogen and oxygen atoms in total. The van der Waals surface area contributed by atoms with Crippen molar-refractivity contribution in [3.63, 3.8) is 0 Å². The lowest BCUT2D eigenvalue weighted by Gasteiger charge is -2.28. The van der Waals surface area contributed by atoms with Crippen LogP contribution >= 0.6 is 0 Å². The fourth-order valence-corrected chi connectivity index (χ4v) is 5.23. The van der Waals surface area contributed by atoms with Gasteiger partial charge in [-0.3, -0.25) is 44.4 Å². The van der Waals surface area contributed by atoms with Crippen molar-refractivity contribution in [2.45, 2.75) is 0 Å². The highest BCUT2D eigenvalue weighted by molar-refractivity contribution is 6.33. The molecule has 0 saturated carbocycles. The van der Waals surface area contributed by atoms with Crippen LogP contribution in [-0.4, -0.2) is 33.0 Å². The van der Waals surface area contributed by atoms with Crippen LogP contribution in [0.3, 0.4) is 0 Å². The minimum absolute atomic E-state index is 0.000104. The van der Waals surface area contributed by atoms with Crippen molar-refractivity contribution in [1.29, 1.82) is 0 Å². The molecule has 2 N–H and O–H groups in total. The number of hydrazine groups is 1. The van der Waals surface area contributed by atoms with E-state index in [1.54, 1.807) is 6.07 Å². The Morgan fingerprint density at radius 2 is 0.950 bits per heavy atom. The number of rotatable bonds is 4. The maximum absolute atomic E-state index is 13.6. The van der Waals surface area contributed by atoms with Crippen LogP contribution in [0.1, 0.15) is 63.7 Å². The number of benzene rings is 4. The lowest BCUT2D eigenvalue weighted by molar-refractivity contribution is -0.385. The molecule has 0 radical (unpaired) electrons. The lowest BCUT2D eigenvalue weighted by atomic mass is 9.81. The number of nitro groups is 2. The summed E-state index contributed by atoms with van der Waals surface area (Å²) in [4.78, 5) is 75.8. The summed E-state index contributed by atoms with van der Waals surface area (Å²) in [6, 6.07) is 15.9. The predicted molar refractivity (Wildman–Crippen MR) is 139 cm³/mol. The Morgan fingerprint density at radius 1 is 0.500 bits per heavy atom. The molecule has 0 unspecified atom stereocenters. The van der Waals surface area contributed by atoms with Gasteiger partial charge in [0.2, 0.25) is 11.6 Å². The Bertz CT molecular complexity index is 1910. The first-order valence-corrected chi connectivity index (χ1v) is 11.7. The number of nitrogens with two attached hydrogens (primary N) is 1. The summed E-state index contributed by atoms with van der Waals surface area (Å²) in [7, 11) is 0. The molecule has 0 bridgehead atoms. The number of fused-ring (bicyclic) bond motifs is 4. The maximum Gasteiger partial charge on any atom is 0.281 e. The highest BCUT2D eigenvalue weighted by Gasteiger charge is 2.41. The van der Waals surface area contributed by atoms with Crippen LogP contribution in [0.2, 0.25) is 0 Å². The van der Waals surface area contributed by atoms with E-state index in [9.17, 15) is 39.4 Å². The van der Waals surface area contributed by atoms with E-state index in [2.05, 4.69) is 0 Å². The fraction of sp³-hybridized carbons (Fsp3) is 0. The van der Waals surface area contributed by atoms with E-state index in [1.807, 2.05) is 0 Å². The molecule has 40 heavy (non-hydrogen) atoms. The van der Waals surface area contributed by atoms with Crippen molar-refractivity contribution in [3.8, 4) is 0 Å². The zero-order valence-electron chi connectivity index (χ0n) is 20.1. The van der Waals surface area contributed by atoms with Crippen molar-refractivity contribution in [2.24, 2.45) is 5.84 Å². The summed E-state index contributed by atoms with van der Waals surface area (Å²) < 4.78 is 0. The Kier molecular flexibility index (Phi) is 5.24. The standard InChI is InChI=1S/C28H14N4O8/c29-30(17-9-3-7-15-21(17)27(35)16-8-4-10-19(31(37)38)22(16)28(15)36)18-11-12-20(32(39)40)24-23(18)25(33)13-5-1-2-6-14(13)26(24)34/h1-12H,29H2. The second-order valence-corrected chi connectivity index (χ2v) is 9.00. The van der Waals surface area contributed by atoms with Crippen molar-refractivity contribution < 1.29 is 29.0 Å². The average Bonchev–Trinajstić information content (AvgIpc) is 2.96. The van der Waals surface area contributed by atoms with Crippen LogP contribution in [-0.2, 0) is 0 Å². The molecule has 12 heteroatoms. The predicted octanol–water partition coefficient (Wildman–Crippen LogP) is 4.07. The minimum atomic E-state index is -0.779. The molecule has 0 atom stereocenters. The SMILES string of the molecule is NN(c1cccc2c1C(=O)c1cccc([N+](=O)[O-])c1C2=O)c1ccc([N+](=O)[O-])c2c1C(=O)c1ccccc1C2=O. The molecule has 0 aromatic heterocycles. The Balaban J connectivity index is 1.58. The average molecular weight is 534 g/mol. The number of nitrogens with zero attached hydrogens (tertiary/aromatic N) is 3. The number of carbonyl (C=O) groups excluding carboxylic acids is 4. The Labute approximate surface area is 223 Å². The van der Waals surface area contributed by atoms with E-state index < -0.39 is 49.9 Å². The Hall–Kier alpha value is -5.88. The smallest absolute Gasteiger partial charge is 0.281 e. The van der Waals surface area contributed by atoms with Crippen LogP contribution in [0.4, 0.5) is 22.7 Å². The molecule has 6 rings (SSSR count). The highest BCUT2D eigenvalue weighted by Crippen LogP contribution is 2.42. The molecule has 4 aromatic carbocycles. The second kappa shape index (κ2) is 8.58. The number of carbonyl (C=O) groups is 4. The van der Waals surface area contributed by atoms with Crippen LogP contribution in [0.15, 0.2) is 72.8 Å². The van der Waals surface area contributed by atoms with E-state index in [1.165, 1.54) is 54.6 Å². The molecule has 0 aliphatic heterocycles. The van der Waals surface area contributed by atoms with Crippen molar-refractivity contribution >= 4 is 45.9 Å². The molecule has 0 saturated heterocycles. The van der Waals surface area contributed by atoms with Crippen LogP contribution in [0.5, 0.6) is 0 Å². The summed E-state index contributed by atoms with van der Waals surface area (Å²) >= 11 is 0. The molecule has 0 fully saturated rings. The van der Waals surface area contributed by atoms with Gasteiger partial charge in [-0.05, 0) is 18.2 Å². The molecule has 0 amide bonds. The number of nitro benzene ring substituents is 2. The second-order valence-electron chi connectivity index (χ2n) is 9.00. The number of hydrogen-bond donors (Lipinski definition) is 1. The molecule has 0 heterocycles. The van der Waals surface area contributed by atoms with Crippen LogP contribution in [0.25, 0.3) is 0 Å². The molecular formula is C28H14N4O8. The summed E-state index contributed by atoms with van der Waals surface area (Å²) in [5.74, 6) is 3.54. The third kappa shape index (κ3) is 3.23. The normalized spacial score (nSPS) is 13.2. The van der Waals surface area contributed by atoms with Gasteiger partial charge < -0.3 is 0 Å². The topological polar surface area (TPSA) is 184 Å². The van der Waals surface area contributed by atoms with E-state index in [-0.39, 0.29) is 50.3 Å². The van der Waals surface area contributed by atoms with E-state index in [0.29, 0.717) is 0 Å². The van der Waals surface area contributed by atoms with Crippen molar-refractivity contribution in [1.82, 2.24) is 0 Å². The summed E-state index contributed by atoms with van der Waals surface area (Å²) in [5.41, 5.74) is -2.92. The van der Waals surface area contributed by atoms with Crippen LogP contribution in [0, 0.1) is 20.2 Å². The third-order valence-electron chi connectivity index (χ3n) is 6.97. The zero-order valence-corrected chi connectivity index (χ0v) is 20.1. The van der Waals surface area contributed by atoms with Crippen molar-refractivity contribution in [2.75, 3.05) is 5.01 Å². The van der Waals surface area contributed by atoms with E-state index >= 15 is 0 Å². The lowest BCUT2D eigenvalue weighted by Crippen LogP contribution is -2.33. The first-order chi connectivity index (χ1) is 19.1. The van der Waals surface area contributed by atoms with Gasteiger partial charge >= 0.3 is 0 Å². The van der Waals surface area contributed by atoms with Gasteiger partial charge in [0.1, 0.15) is 11.1 Å². The summed E-state index contributed by atoms with van der Waals surface area (Å²) in [6.45, 7) is 0. The fourth-order valence-electron chi connectivity index (χ4n) is 5.23. The van der Waals surface area contributed by atoms with Gasteiger partial charge in [0.15, 0.2) is 11.6 Å². The maximum atomic E-state index is 13.6. The first-order valence-electron chi connectivity index (χ1n) is 11.7. The number of ketones is 4. The highest BCUT2D eigenvalue weighted by atomic mass is 16.6. The molecule has 2 aliphatic carbocycles. The van der Waals surface area contributed by atoms with Gasteiger partial charge in [0.25, 0.3) is 11.4 Å². The van der Waals surface area contributed by atoms with Gasteiger partial charge in [-0.1, -0.05) is 42.5 Å². The van der Waals surface area contributed by atoms with Gasteiger partial charge in [-0.2, -0.15) is 0 Å². The first kappa shape index (κ1) is 24.5. The monoisotopic (exact) mass is 534 g/mol. The Morgan fingerprint density at radius 3 is 1.57 bits per heavy atom. The molecule has 194 valence electrons. The third-order valence-corrected chi connectivity index (χ3v) is 6.97.